The van der Waals surface area contributed by atoms with Crippen molar-refractivity contribution in [1.29, 1.82) is 0 Å². The van der Waals surface area contributed by atoms with E-state index in [4.69, 9.17) is 0 Å². The highest BCUT2D eigenvalue weighted by atomic mass is 79.9. The highest BCUT2D eigenvalue weighted by molar-refractivity contribution is 9.10. The van der Waals surface area contributed by atoms with Crippen molar-refractivity contribution < 1.29 is 17.6 Å². The quantitative estimate of drug-likeness (QED) is 0.674. The van der Waals surface area contributed by atoms with Crippen molar-refractivity contribution in [3.63, 3.8) is 0 Å². The molecule has 0 bridgehead atoms. The Labute approximate surface area is 126 Å². The number of hydrogen-bond donors (Lipinski definition) is 0. The predicted molar refractivity (Wildman–Crippen MR) is 72.9 cm³/mol. The van der Waals surface area contributed by atoms with Crippen LogP contribution in [0.15, 0.2) is 22.7 Å². The molecule has 0 saturated heterocycles. The summed E-state index contributed by atoms with van der Waals surface area (Å²) >= 11 is 3.19. The van der Waals surface area contributed by atoms with Crippen LogP contribution in [-0.4, -0.2) is 9.78 Å². The largest absolute Gasteiger partial charge is 0.435 e. The maximum absolute atomic E-state index is 13.2. The molecule has 0 aliphatic heterocycles. The molecule has 0 fully saturated rings. The molecule has 0 amide bonds. The molecule has 112 valence electrons. The van der Waals surface area contributed by atoms with Crippen molar-refractivity contribution in [3.8, 4) is 5.69 Å². The highest BCUT2D eigenvalue weighted by Crippen LogP contribution is 2.37. The maximum Gasteiger partial charge on any atom is 0.435 e. The summed E-state index contributed by atoms with van der Waals surface area (Å²) in [6.07, 6.45) is -1.99. The van der Waals surface area contributed by atoms with Gasteiger partial charge in [0.15, 0.2) is 5.69 Å². The van der Waals surface area contributed by atoms with Gasteiger partial charge in [0.1, 0.15) is 5.82 Å². The van der Waals surface area contributed by atoms with Crippen LogP contribution in [0.5, 0.6) is 0 Å². The summed E-state index contributed by atoms with van der Waals surface area (Å²) in [5, 5.41) is 3.76. The lowest BCUT2D eigenvalue weighted by Gasteiger charge is -2.15. The summed E-state index contributed by atoms with van der Waals surface area (Å²) in [7, 11) is 0. The molecule has 1 aliphatic rings. The molecule has 2 aromatic rings. The van der Waals surface area contributed by atoms with Crippen LogP contribution in [0.1, 0.15) is 29.8 Å². The van der Waals surface area contributed by atoms with E-state index in [0.29, 0.717) is 28.7 Å². The summed E-state index contributed by atoms with van der Waals surface area (Å²) in [6.45, 7) is 0. The van der Waals surface area contributed by atoms with Gasteiger partial charge in [0, 0.05) is 15.7 Å². The van der Waals surface area contributed by atoms with Crippen LogP contribution in [0.3, 0.4) is 0 Å². The summed E-state index contributed by atoms with van der Waals surface area (Å²) < 4.78 is 54.2. The lowest BCUT2D eigenvalue weighted by Crippen LogP contribution is -2.11. The normalized spacial score (nSPS) is 15.1. The number of alkyl halides is 3. The molecular formula is C14H11BrF4N2. The molecule has 7 heteroatoms. The molecule has 0 unspecified atom stereocenters. The van der Waals surface area contributed by atoms with E-state index in [1.54, 1.807) is 0 Å². The van der Waals surface area contributed by atoms with Gasteiger partial charge in [-0.3, -0.25) is 0 Å². The molecule has 0 atom stereocenters. The van der Waals surface area contributed by atoms with Crippen LogP contribution < -0.4 is 0 Å². The fraction of sp³-hybridized carbons (Fsp3) is 0.357. The van der Waals surface area contributed by atoms with E-state index in [0.717, 1.165) is 12.8 Å². The SMILES string of the molecule is Fc1ccc(-n2nc(C(F)(F)F)c3c2CCCC3)c(Br)c1. The Morgan fingerprint density at radius 2 is 1.86 bits per heavy atom. The van der Waals surface area contributed by atoms with Crippen LogP contribution in [-0.2, 0) is 19.0 Å². The average molecular weight is 363 g/mol. The van der Waals surface area contributed by atoms with Crippen molar-refractivity contribution in [2.75, 3.05) is 0 Å². The van der Waals surface area contributed by atoms with Crippen LogP contribution in [0, 0.1) is 5.82 Å². The van der Waals surface area contributed by atoms with Gasteiger partial charge >= 0.3 is 6.18 Å². The van der Waals surface area contributed by atoms with Gasteiger partial charge in [-0.2, -0.15) is 18.3 Å². The zero-order valence-corrected chi connectivity index (χ0v) is 12.4. The average Bonchev–Trinajstić information content (AvgIpc) is 2.78. The zero-order chi connectivity index (χ0) is 15.2. The van der Waals surface area contributed by atoms with Gasteiger partial charge in [-0.05, 0) is 59.8 Å². The van der Waals surface area contributed by atoms with E-state index in [9.17, 15) is 17.6 Å². The fourth-order valence-corrected chi connectivity index (χ4v) is 3.20. The second-order valence-electron chi connectivity index (χ2n) is 4.99. The second kappa shape index (κ2) is 5.12. The predicted octanol–water partition coefficient (Wildman–Crippen LogP) is 4.67. The molecule has 1 aliphatic carbocycles. The third-order valence-corrected chi connectivity index (χ3v) is 4.22. The summed E-state index contributed by atoms with van der Waals surface area (Å²) in [4.78, 5) is 0. The van der Waals surface area contributed by atoms with Gasteiger partial charge in [-0.15, -0.1) is 0 Å². The van der Waals surface area contributed by atoms with Gasteiger partial charge in [0.2, 0.25) is 0 Å². The summed E-state index contributed by atoms with van der Waals surface area (Å²) in [6, 6.07) is 3.87. The van der Waals surface area contributed by atoms with Crippen LogP contribution in [0.4, 0.5) is 17.6 Å². The minimum Gasteiger partial charge on any atom is -0.236 e. The zero-order valence-electron chi connectivity index (χ0n) is 10.8. The molecule has 0 N–H and O–H groups in total. The molecule has 21 heavy (non-hydrogen) atoms. The number of hydrogen-bond acceptors (Lipinski definition) is 1. The molecule has 1 aromatic heterocycles. The number of nitrogens with zero attached hydrogens (tertiary/aromatic N) is 2. The minimum absolute atomic E-state index is 0.268. The molecule has 2 nitrogen and oxygen atoms in total. The lowest BCUT2D eigenvalue weighted by molar-refractivity contribution is -0.142. The molecule has 0 saturated carbocycles. The van der Waals surface area contributed by atoms with Gasteiger partial charge in [-0.25, -0.2) is 9.07 Å². The maximum atomic E-state index is 13.2. The van der Waals surface area contributed by atoms with Crippen LogP contribution in [0.25, 0.3) is 5.69 Å². The Balaban J connectivity index is 2.21. The molecule has 0 spiro atoms. The van der Waals surface area contributed by atoms with Crippen molar-refractivity contribution in [1.82, 2.24) is 9.78 Å². The Morgan fingerprint density at radius 3 is 2.52 bits per heavy atom. The number of rotatable bonds is 1. The smallest absolute Gasteiger partial charge is 0.236 e. The van der Waals surface area contributed by atoms with E-state index in [1.165, 1.54) is 22.9 Å². The Kier molecular flexibility index (Phi) is 3.55. The number of halogens is 5. The number of aromatic nitrogens is 2. The van der Waals surface area contributed by atoms with E-state index in [1.807, 2.05) is 0 Å². The Hall–Kier alpha value is -1.37. The minimum atomic E-state index is -4.47. The first-order valence-electron chi connectivity index (χ1n) is 6.51. The van der Waals surface area contributed by atoms with Crippen molar-refractivity contribution in [2.45, 2.75) is 31.9 Å². The summed E-state index contributed by atoms with van der Waals surface area (Å²) in [5.74, 6) is -0.456. The molecule has 0 radical (unpaired) electrons. The first-order valence-corrected chi connectivity index (χ1v) is 7.30. The molecule has 3 rings (SSSR count). The second-order valence-corrected chi connectivity index (χ2v) is 5.84. The van der Waals surface area contributed by atoms with Gasteiger partial charge in [0.25, 0.3) is 0 Å². The van der Waals surface area contributed by atoms with E-state index < -0.39 is 17.7 Å². The third-order valence-electron chi connectivity index (χ3n) is 3.59. The molecule has 1 heterocycles. The van der Waals surface area contributed by atoms with Gasteiger partial charge in [0.05, 0.1) is 5.69 Å². The monoisotopic (exact) mass is 362 g/mol. The number of benzene rings is 1. The van der Waals surface area contributed by atoms with Crippen LogP contribution in [0.2, 0.25) is 0 Å². The molecule has 1 aromatic carbocycles. The van der Waals surface area contributed by atoms with Crippen molar-refractivity contribution in [2.24, 2.45) is 0 Å². The fourth-order valence-electron chi connectivity index (χ4n) is 2.68. The third kappa shape index (κ3) is 2.59. The van der Waals surface area contributed by atoms with Gasteiger partial charge < -0.3 is 0 Å². The lowest BCUT2D eigenvalue weighted by atomic mass is 9.95. The van der Waals surface area contributed by atoms with Gasteiger partial charge in [-0.1, -0.05) is 0 Å². The molecular weight excluding hydrogens is 352 g/mol. The standard InChI is InChI=1S/C14H11BrF4N2/c15-10-7-8(16)5-6-12(10)21-11-4-2-1-3-9(11)13(20-21)14(17,18)19/h5-7H,1-4H2. The van der Waals surface area contributed by atoms with Crippen molar-refractivity contribution >= 4 is 15.9 Å². The van der Waals surface area contributed by atoms with E-state index in [-0.39, 0.29) is 5.56 Å². The first-order chi connectivity index (χ1) is 9.88. The number of fused-ring (bicyclic) bond motifs is 1. The van der Waals surface area contributed by atoms with Crippen LogP contribution >= 0.6 is 15.9 Å². The summed E-state index contributed by atoms with van der Waals surface area (Å²) in [5.41, 5.74) is 0.435. The van der Waals surface area contributed by atoms with E-state index >= 15 is 0 Å². The Bertz CT molecular complexity index is 691. The topological polar surface area (TPSA) is 17.8 Å². The van der Waals surface area contributed by atoms with Crippen molar-refractivity contribution in [3.05, 3.63) is 45.4 Å². The first kappa shape index (κ1) is 14.6. The van der Waals surface area contributed by atoms with E-state index in [2.05, 4.69) is 21.0 Å². The Morgan fingerprint density at radius 1 is 1.14 bits per heavy atom. The highest BCUT2D eigenvalue weighted by Gasteiger charge is 2.39.